The number of carbonyl (C=O) groups excluding carboxylic acids is 2. The molecule has 0 aromatic rings. The van der Waals surface area contributed by atoms with Crippen molar-refractivity contribution < 1.29 is 14.0 Å². The van der Waals surface area contributed by atoms with Gasteiger partial charge in [-0.2, -0.15) is 0 Å². The molecule has 1 amide bonds. The summed E-state index contributed by atoms with van der Waals surface area (Å²) in [5, 5.41) is 2.43. The van der Waals surface area contributed by atoms with E-state index in [0.717, 1.165) is 0 Å². The van der Waals surface area contributed by atoms with Gasteiger partial charge in [0.1, 0.15) is 6.54 Å². The van der Waals surface area contributed by atoms with E-state index in [4.69, 9.17) is 4.43 Å². The van der Waals surface area contributed by atoms with Crippen molar-refractivity contribution in [1.82, 2.24) is 5.32 Å². The first-order valence-electron chi connectivity index (χ1n) is 5.02. The third-order valence-corrected chi connectivity index (χ3v) is 7.01. The van der Waals surface area contributed by atoms with Crippen LogP contribution in [0.15, 0.2) is 0 Å². The van der Waals surface area contributed by atoms with Gasteiger partial charge in [-0.25, -0.2) is 0 Å². The molecule has 5 heteroatoms. The van der Waals surface area contributed by atoms with Crippen molar-refractivity contribution in [1.29, 1.82) is 0 Å². The summed E-state index contributed by atoms with van der Waals surface area (Å²) in [6.07, 6.45) is 0. The monoisotopic (exact) mass is 231 g/mol. The molecule has 0 saturated carbocycles. The zero-order valence-electron chi connectivity index (χ0n) is 10.4. The molecule has 0 aliphatic carbocycles. The van der Waals surface area contributed by atoms with Crippen molar-refractivity contribution in [2.75, 3.05) is 6.54 Å². The second kappa shape index (κ2) is 4.79. The molecule has 0 aromatic carbocycles. The maximum absolute atomic E-state index is 11.4. The van der Waals surface area contributed by atoms with Crippen LogP contribution < -0.4 is 5.32 Å². The summed E-state index contributed by atoms with van der Waals surface area (Å²) in [4.78, 5) is 22.0. The van der Waals surface area contributed by atoms with Gasteiger partial charge in [0, 0.05) is 6.92 Å². The summed E-state index contributed by atoms with van der Waals surface area (Å²) >= 11 is 0. The molecule has 0 saturated heterocycles. The first kappa shape index (κ1) is 14.2. The van der Waals surface area contributed by atoms with Crippen molar-refractivity contribution in [2.24, 2.45) is 0 Å². The number of nitrogens with one attached hydrogen (secondary N) is 1. The molecule has 88 valence electrons. The molecule has 0 aliphatic rings. The molecule has 0 aliphatic heterocycles. The Bertz CT molecular complexity index is 256. The lowest BCUT2D eigenvalue weighted by molar-refractivity contribution is -0.136. The number of hydrogen-bond acceptors (Lipinski definition) is 3. The van der Waals surface area contributed by atoms with Crippen LogP contribution in [0.3, 0.4) is 0 Å². The van der Waals surface area contributed by atoms with Gasteiger partial charge in [-0.3, -0.25) is 9.59 Å². The number of carbonyl (C=O) groups is 2. The van der Waals surface area contributed by atoms with Gasteiger partial charge in [-0.05, 0) is 18.1 Å². The number of rotatable bonds is 3. The molecule has 0 spiro atoms. The van der Waals surface area contributed by atoms with Gasteiger partial charge in [0.2, 0.25) is 5.91 Å². The second-order valence-corrected chi connectivity index (χ2v) is 9.87. The molecular weight excluding hydrogens is 210 g/mol. The van der Waals surface area contributed by atoms with Crippen molar-refractivity contribution in [3.63, 3.8) is 0 Å². The van der Waals surface area contributed by atoms with Crippen molar-refractivity contribution in [2.45, 2.75) is 45.8 Å². The average Bonchev–Trinajstić information content (AvgIpc) is 1.97. The SMILES string of the molecule is CC(=O)NCC(=O)O[Si](C)(C)C(C)(C)C. The van der Waals surface area contributed by atoms with Gasteiger partial charge in [0.05, 0.1) is 0 Å². The van der Waals surface area contributed by atoms with Gasteiger partial charge in [-0.1, -0.05) is 20.8 Å². The summed E-state index contributed by atoms with van der Waals surface area (Å²) < 4.78 is 5.44. The lowest BCUT2D eigenvalue weighted by Gasteiger charge is -2.35. The smallest absolute Gasteiger partial charge is 0.312 e. The molecule has 0 aromatic heterocycles. The predicted molar refractivity (Wildman–Crippen MR) is 62.0 cm³/mol. The average molecular weight is 231 g/mol. The first-order chi connectivity index (χ1) is 6.56. The molecule has 0 rings (SSSR count). The van der Waals surface area contributed by atoms with Crippen molar-refractivity contribution >= 4 is 20.2 Å². The van der Waals surface area contributed by atoms with Crippen molar-refractivity contribution in [3.8, 4) is 0 Å². The Kier molecular flexibility index (Phi) is 4.52. The van der Waals surface area contributed by atoms with Gasteiger partial charge in [-0.15, -0.1) is 0 Å². The third-order valence-electron chi connectivity index (χ3n) is 2.66. The van der Waals surface area contributed by atoms with E-state index >= 15 is 0 Å². The standard InChI is InChI=1S/C10H21NO3Si/c1-8(12)11-7-9(13)14-15(5,6)10(2,3)4/h7H2,1-6H3,(H,11,12). The highest BCUT2D eigenvalue weighted by atomic mass is 28.4. The van der Waals surface area contributed by atoms with E-state index in [0.29, 0.717) is 0 Å². The highest BCUT2D eigenvalue weighted by Gasteiger charge is 2.40. The molecule has 4 nitrogen and oxygen atoms in total. The fraction of sp³-hybridized carbons (Fsp3) is 0.800. The zero-order chi connectivity index (χ0) is 12.3. The molecule has 0 unspecified atom stereocenters. The van der Waals surface area contributed by atoms with Crippen LogP contribution in [0.5, 0.6) is 0 Å². The summed E-state index contributed by atoms with van der Waals surface area (Å²) in [5.74, 6) is -0.570. The fourth-order valence-corrected chi connectivity index (χ4v) is 1.62. The van der Waals surface area contributed by atoms with E-state index in [1.165, 1.54) is 6.92 Å². The molecule has 1 N–H and O–H groups in total. The Morgan fingerprint density at radius 2 is 1.73 bits per heavy atom. The molecule has 0 fully saturated rings. The molecule has 0 heterocycles. The van der Waals surface area contributed by atoms with E-state index in [1.807, 2.05) is 13.1 Å². The quantitative estimate of drug-likeness (QED) is 0.752. The van der Waals surface area contributed by atoms with Gasteiger partial charge in [0.15, 0.2) is 0 Å². The summed E-state index contributed by atoms with van der Waals surface area (Å²) in [6.45, 7) is 11.5. The largest absolute Gasteiger partial charge is 0.518 e. The van der Waals surface area contributed by atoms with Crippen LogP contribution in [0, 0.1) is 0 Å². The van der Waals surface area contributed by atoms with Crippen LogP contribution in [0.1, 0.15) is 27.7 Å². The Morgan fingerprint density at radius 3 is 2.07 bits per heavy atom. The van der Waals surface area contributed by atoms with Crippen LogP contribution in [0.25, 0.3) is 0 Å². The van der Waals surface area contributed by atoms with E-state index in [2.05, 4.69) is 26.1 Å². The van der Waals surface area contributed by atoms with Crippen LogP contribution in [0.2, 0.25) is 18.1 Å². The zero-order valence-corrected chi connectivity index (χ0v) is 11.4. The Labute approximate surface area is 92.5 Å². The Balaban J connectivity index is 4.23. The van der Waals surface area contributed by atoms with Crippen LogP contribution in [0.4, 0.5) is 0 Å². The number of amides is 1. The molecule has 15 heavy (non-hydrogen) atoms. The fourth-order valence-electron chi connectivity index (χ4n) is 0.670. The maximum Gasteiger partial charge on any atom is 0.312 e. The lowest BCUT2D eigenvalue weighted by Crippen LogP contribution is -2.44. The molecule has 0 atom stereocenters. The topological polar surface area (TPSA) is 55.4 Å². The normalized spacial score (nSPS) is 12.1. The third kappa shape index (κ3) is 4.97. The van der Waals surface area contributed by atoms with E-state index in [9.17, 15) is 9.59 Å². The Morgan fingerprint density at radius 1 is 1.27 bits per heavy atom. The predicted octanol–water partition coefficient (Wildman–Crippen LogP) is 1.67. The molecular formula is C10H21NO3Si. The minimum absolute atomic E-state index is 0.00111. The van der Waals surface area contributed by atoms with E-state index < -0.39 is 8.32 Å². The second-order valence-electron chi connectivity index (χ2n) is 5.14. The lowest BCUT2D eigenvalue weighted by atomic mass is 10.2. The van der Waals surface area contributed by atoms with E-state index in [-0.39, 0.29) is 23.5 Å². The maximum atomic E-state index is 11.4. The van der Waals surface area contributed by atoms with Crippen LogP contribution >= 0.6 is 0 Å². The summed E-state index contributed by atoms with van der Waals surface area (Å²) in [7, 11) is -2.04. The summed E-state index contributed by atoms with van der Waals surface area (Å²) in [5.41, 5.74) is 0. The van der Waals surface area contributed by atoms with Gasteiger partial charge < -0.3 is 9.74 Å². The Hall–Kier alpha value is -0.843. The van der Waals surface area contributed by atoms with Gasteiger partial charge >= 0.3 is 5.97 Å². The molecule has 0 bridgehead atoms. The van der Waals surface area contributed by atoms with E-state index in [1.54, 1.807) is 0 Å². The first-order valence-corrected chi connectivity index (χ1v) is 7.93. The molecule has 0 radical (unpaired) electrons. The van der Waals surface area contributed by atoms with Crippen molar-refractivity contribution in [3.05, 3.63) is 0 Å². The van der Waals surface area contributed by atoms with Gasteiger partial charge in [0.25, 0.3) is 8.32 Å². The van der Waals surface area contributed by atoms with Crippen LogP contribution in [-0.4, -0.2) is 26.7 Å². The van der Waals surface area contributed by atoms with Crippen LogP contribution in [-0.2, 0) is 14.0 Å². The highest BCUT2D eigenvalue weighted by molar-refractivity contribution is 6.75. The minimum atomic E-state index is -2.04. The summed E-state index contributed by atoms with van der Waals surface area (Å²) in [6, 6.07) is 0. The number of hydrogen-bond donors (Lipinski definition) is 1. The highest BCUT2D eigenvalue weighted by Crippen LogP contribution is 2.36. The minimum Gasteiger partial charge on any atom is -0.518 e.